The summed E-state index contributed by atoms with van der Waals surface area (Å²) in [7, 11) is 0. The first-order chi connectivity index (χ1) is 5.77. The van der Waals surface area contributed by atoms with Gasteiger partial charge in [-0.05, 0) is 31.2 Å². The van der Waals surface area contributed by atoms with Crippen LogP contribution in [0.15, 0.2) is 12.3 Å². The number of rotatable bonds is 1. The maximum Gasteiger partial charge on any atom is 0.121 e. The van der Waals surface area contributed by atoms with Crippen LogP contribution >= 0.6 is 0 Å². The molecular formula is C9H15N3. The number of nitrogens with two attached hydrogens (primary N) is 1. The van der Waals surface area contributed by atoms with Gasteiger partial charge in [0.15, 0.2) is 0 Å². The van der Waals surface area contributed by atoms with Gasteiger partial charge in [-0.1, -0.05) is 6.92 Å². The summed E-state index contributed by atoms with van der Waals surface area (Å²) in [6.45, 7) is 2.29. The molecule has 2 unspecified atom stereocenters. The molecule has 0 amide bonds. The van der Waals surface area contributed by atoms with Gasteiger partial charge < -0.3 is 5.73 Å². The third kappa shape index (κ3) is 1.19. The van der Waals surface area contributed by atoms with Gasteiger partial charge in [-0.3, -0.25) is 0 Å². The van der Waals surface area contributed by atoms with Gasteiger partial charge in [-0.15, -0.1) is 0 Å². The molecule has 0 bridgehead atoms. The Labute approximate surface area is 72.6 Å². The Hall–Kier alpha value is -0.990. The standard InChI is InChI=1S/C9H15N3/c1-7-2-3-8(6-7)12-9(10)4-5-11-12/h4-5,7-8H,2-3,6,10H2,1H3. The zero-order valence-corrected chi connectivity index (χ0v) is 7.40. The van der Waals surface area contributed by atoms with E-state index in [-0.39, 0.29) is 0 Å². The highest BCUT2D eigenvalue weighted by molar-refractivity contribution is 5.26. The molecule has 2 rings (SSSR count). The molecule has 1 aliphatic rings. The van der Waals surface area contributed by atoms with Crippen LogP contribution in [0.25, 0.3) is 0 Å². The summed E-state index contributed by atoms with van der Waals surface area (Å²) in [5.41, 5.74) is 5.77. The average molecular weight is 165 g/mol. The number of nitrogens with zero attached hydrogens (tertiary/aromatic N) is 2. The minimum Gasteiger partial charge on any atom is -0.384 e. The van der Waals surface area contributed by atoms with Crippen molar-refractivity contribution in [3.05, 3.63) is 12.3 Å². The summed E-state index contributed by atoms with van der Waals surface area (Å²) < 4.78 is 1.96. The third-order valence-electron chi connectivity index (χ3n) is 2.71. The molecule has 12 heavy (non-hydrogen) atoms. The molecule has 2 N–H and O–H groups in total. The fourth-order valence-corrected chi connectivity index (χ4v) is 2.03. The predicted molar refractivity (Wildman–Crippen MR) is 48.7 cm³/mol. The summed E-state index contributed by atoms with van der Waals surface area (Å²) in [6.07, 6.45) is 5.54. The molecule has 66 valence electrons. The van der Waals surface area contributed by atoms with Crippen molar-refractivity contribution in [3.8, 4) is 0 Å². The van der Waals surface area contributed by atoms with Crippen LogP contribution in [-0.4, -0.2) is 9.78 Å². The SMILES string of the molecule is CC1CCC(n2nccc2N)C1. The van der Waals surface area contributed by atoms with Crippen molar-refractivity contribution in [3.63, 3.8) is 0 Å². The number of aromatic nitrogens is 2. The lowest BCUT2D eigenvalue weighted by Gasteiger charge is -2.11. The number of hydrogen-bond donors (Lipinski definition) is 1. The minimum absolute atomic E-state index is 0.551. The Morgan fingerprint density at radius 1 is 1.58 bits per heavy atom. The van der Waals surface area contributed by atoms with E-state index < -0.39 is 0 Å². The molecule has 0 saturated heterocycles. The van der Waals surface area contributed by atoms with Crippen molar-refractivity contribution in [2.24, 2.45) is 5.92 Å². The lowest BCUT2D eigenvalue weighted by atomic mass is 10.1. The van der Waals surface area contributed by atoms with Gasteiger partial charge in [0.25, 0.3) is 0 Å². The topological polar surface area (TPSA) is 43.8 Å². The second-order valence-corrected chi connectivity index (χ2v) is 3.77. The van der Waals surface area contributed by atoms with Crippen molar-refractivity contribution in [1.29, 1.82) is 0 Å². The van der Waals surface area contributed by atoms with Crippen molar-refractivity contribution in [1.82, 2.24) is 9.78 Å². The second kappa shape index (κ2) is 2.81. The summed E-state index contributed by atoms with van der Waals surface area (Å²) in [5.74, 6) is 1.63. The quantitative estimate of drug-likeness (QED) is 0.690. The lowest BCUT2D eigenvalue weighted by molar-refractivity contribution is 0.456. The summed E-state index contributed by atoms with van der Waals surface area (Å²) in [6, 6.07) is 2.41. The fourth-order valence-electron chi connectivity index (χ4n) is 2.03. The van der Waals surface area contributed by atoms with Crippen molar-refractivity contribution >= 4 is 5.82 Å². The van der Waals surface area contributed by atoms with Gasteiger partial charge in [0, 0.05) is 0 Å². The molecule has 0 aromatic carbocycles. The van der Waals surface area contributed by atoms with Gasteiger partial charge in [0.05, 0.1) is 12.2 Å². The first-order valence-electron chi connectivity index (χ1n) is 4.56. The van der Waals surface area contributed by atoms with E-state index in [1.165, 1.54) is 19.3 Å². The van der Waals surface area contributed by atoms with Crippen LogP contribution < -0.4 is 5.73 Å². The van der Waals surface area contributed by atoms with Gasteiger partial charge in [-0.2, -0.15) is 5.10 Å². The molecule has 1 aromatic heterocycles. The van der Waals surface area contributed by atoms with Gasteiger partial charge in [0.1, 0.15) is 5.82 Å². The van der Waals surface area contributed by atoms with E-state index in [4.69, 9.17) is 5.73 Å². The minimum atomic E-state index is 0.551. The van der Waals surface area contributed by atoms with Crippen LogP contribution in [0.5, 0.6) is 0 Å². The first-order valence-corrected chi connectivity index (χ1v) is 4.56. The summed E-state index contributed by atoms with van der Waals surface area (Å²) in [4.78, 5) is 0. The van der Waals surface area contributed by atoms with Crippen LogP contribution in [0.3, 0.4) is 0 Å². The Bertz CT molecular complexity index is 266. The van der Waals surface area contributed by atoms with Crippen molar-refractivity contribution < 1.29 is 0 Å². The molecule has 1 aromatic rings. The molecule has 1 heterocycles. The Kier molecular flexibility index (Phi) is 1.79. The molecule has 0 radical (unpaired) electrons. The van der Waals surface area contributed by atoms with Crippen LogP contribution in [0.1, 0.15) is 32.2 Å². The van der Waals surface area contributed by atoms with E-state index in [2.05, 4.69) is 12.0 Å². The molecular weight excluding hydrogens is 150 g/mol. The van der Waals surface area contributed by atoms with E-state index in [0.717, 1.165) is 11.7 Å². The summed E-state index contributed by atoms with van der Waals surface area (Å²) in [5, 5.41) is 4.22. The van der Waals surface area contributed by atoms with Crippen LogP contribution in [-0.2, 0) is 0 Å². The molecule has 0 aliphatic heterocycles. The highest BCUT2D eigenvalue weighted by Crippen LogP contribution is 2.34. The number of hydrogen-bond acceptors (Lipinski definition) is 2. The number of nitrogen functional groups attached to an aromatic ring is 1. The zero-order chi connectivity index (χ0) is 8.55. The monoisotopic (exact) mass is 165 g/mol. The van der Waals surface area contributed by atoms with Crippen LogP contribution in [0.4, 0.5) is 5.82 Å². The summed E-state index contributed by atoms with van der Waals surface area (Å²) >= 11 is 0. The van der Waals surface area contributed by atoms with Gasteiger partial charge in [0.2, 0.25) is 0 Å². The average Bonchev–Trinajstić information content (AvgIpc) is 2.58. The highest BCUT2D eigenvalue weighted by Gasteiger charge is 2.23. The normalized spacial score (nSPS) is 29.4. The van der Waals surface area contributed by atoms with Gasteiger partial charge in [-0.25, -0.2) is 4.68 Å². The van der Waals surface area contributed by atoms with E-state index in [9.17, 15) is 0 Å². The smallest absolute Gasteiger partial charge is 0.121 e. The van der Waals surface area contributed by atoms with Crippen LogP contribution in [0.2, 0.25) is 0 Å². The molecule has 3 nitrogen and oxygen atoms in total. The molecule has 2 atom stereocenters. The van der Waals surface area contributed by atoms with E-state index in [1.54, 1.807) is 6.20 Å². The Morgan fingerprint density at radius 2 is 2.42 bits per heavy atom. The lowest BCUT2D eigenvalue weighted by Crippen LogP contribution is -2.09. The molecule has 3 heteroatoms. The largest absolute Gasteiger partial charge is 0.384 e. The molecule has 0 spiro atoms. The number of anilines is 1. The van der Waals surface area contributed by atoms with E-state index in [1.807, 2.05) is 10.7 Å². The van der Waals surface area contributed by atoms with Crippen molar-refractivity contribution in [2.45, 2.75) is 32.2 Å². The Morgan fingerprint density at radius 3 is 2.92 bits per heavy atom. The Balaban J connectivity index is 2.16. The maximum atomic E-state index is 5.77. The third-order valence-corrected chi connectivity index (χ3v) is 2.71. The molecule has 1 aliphatic carbocycles. The predicted octanol–water partition coefficient (Wildman–Crippen LogP) is 1.83. The fraction of sp³-hybridized carbons (Fsp3) is 0.667. The maximum absolute atomic E-state index is 5.77. The molecule has 1 saturated carbocycles. The zero-order valence-electron chi connectivity index (χ0n) is 7.40. The first kappa shape index (κ1) is 7.65. The van der Waals surface area contributed by atoms with Crippen molar-refractivity contribution in [2.75, 3.05) is 5.73 Å². The second-order valence-electron chi connectivity index (χ2n) is 3.77. The van der Waals surface area contributed by atoms with Gasteiger partial charge >= 0.3 is 0 Å². The van der Waals surface area contributed by atoms with E-state index in [0.29, 0.717) is 6.04 Å². The molecule has 1 fully saturated rings. The van der Waals surface area contributed by atoms with Crippen LogP contribution in [0, 0.1) is 5.92 Å². The van der Waals surface area contributed by atoms with E-state index >= 15 is 0 Å². The highest BCUT2D eigenvalue weighted by atomic mass is 15.3.